The van der Waals surface area contributed by atoms with Crippen molar-refractivity contribution in [2.75, 3.05) is 30.6 Å². The molecule has 1 aromatic carbocycles. The van der Waals surface area contributed by atoms with Crippen LogP contribution in [0.2, 0.25) is 0 Å². The monoisotopic (exact) mass is 616 g/mol. The van der Waals surface area contributed by atoms with E-state index in [1.165, 1.54) is 36.2 Å². The molecule has 1 aliphatic heterocycles. The van der Waals surface area contributed by atoms with Crippen LogP contribution in [0.5, 0.6) is 11.8 Å². The number of hydrogen-bond donors (Lipinski definition) is 0. The molecule has 2 atom stereocenters. The molecule has 1 amide bonds. The fourth-order valence-electron chi connectivity index (χ4n) is 5.15. The lowest BCUT2D eigenvalue weighted by atomic mass is 9.89. The van der Waals surface area contributed by atoms with Crippen LogP contribution < -0.4 is 19.3 Å². The Labute approximate surface area is 243 Å². The first-order valence-electron chi connectivity index (χ1n) is 13.3. The van der Waals surface area contributed by atoms with Gasteiger partial charge in [-0.3, -0.25) is 4.90 Å². The Kier molecular flexibility index (Phi) is 9.02. The smallest absolute Gasteiger partial charge is 0.416 e. The minimum atomic E-state index is -5.03. The van der Waals surface area contributed by atoms with Gasteiger partial charge in [0.25, 0.3) is 0 Å². The molecule has 3 heterocycles. The minimum absolute atomic E-state index is 0.0141. The number of halogens is 6. The molecule has 9 nitrogen and oxygen atoms in total. The zero-order chi connectivity index (χ0) is 31.7. The van der Waals surface area contributed by atoms with Gasteiger partial charge in [-0.1, -0.05) is 12.1 Å². The first kappa shape index (κ1) is 31.8. The molecule has 0 N–H and O–H groups in total. The number of ether oxygens (including phenoxy) is 3. The third kappa shape index (κ3) is 6.59. The van der Waals surface area contributed by atoms with Gasteiger partial charge in [-0.25, -0.2) is 4.79 Å². The second kappa shape index (κ2) is 12.2. The van der Waals surface area contributed by atoms with Crippen LogP contribution in [0.25, 0.3) is 0 Å². The summed E-state index contributed by atoms with van der Waals surface area (Å²) in [7, 11) is 2.71. The van der Waals surface area contributed by atoms with E-state index in [0.717, 1.165) is 0 Å². The Bertz CT molecular complexity index is 1430. The Morgan fingerprint density at radius 1 is 1.02 bits per heavy atom. The fraction of sp³-hybridized carbons (Fsp3) is 0.464. The maximum Gasteiger partial charge on any atom is 0.416 e. The lowest BCUT2D eigenvalue weighted by Gasteiger charge is -2.44. The van der Waals surface area contributed by atoms with Gasteiger partial charge in [-0.15, -0.1) is 0 Å². The highest BCUT2D eigenvalue weighted by Crippen LogP contribution is 2.48. The number of amides is 1. The summed E-state index contributed by atoms with van der Waals surface area (Å²) in [6.45, 7) is 4.73. The predicted octanol–water partition coefficient (Wildman–Crippen LogP) is 7.33. The van der Waals surface area contributed by atoms with Gasteiger partial charge in [-0.2, -0.15) is 31.3 Å². The third-order valence-electron chi connectivity index (χ3n) is 7.05. The summed E-state index contributed by atoms with van der Waals surface area (Å²) in [5, 5.41) is 4.05. The minimum Gasteiger partial charge on any atom is -0.481 e. The molecule has 0 radical (unpaired) electrons. The van der Waals surface area contributed by atoms with E-state index in [9.17, 15) is 31.1 Å². The van der Waals surface area contributed by atoms with Crippen molar-refractivity contribution in [1.82, 2.24) is 10.1 Å². The van der Waals surface area contributed by atoms with E-state index in [1.807, 2.05) is 6.92 Å². The number of carbonyl (C=O) groups is 1. The maximum atomic E-state index is 13.7. The number of nitrogens with zero attached hydrogens (tertiary/aromatic N) is 4. The van der Waals surface area contributed by atoms with Crippen LogP contribution in [-0.2, 0) is 23.6 Å². The number of pyridine rings is 1. The summed E-state index contributed by atoms with van der Waals surface area (Å²) in [5.74, 6) is 0.643. The van der Waals surface area contributed by atoms with Crippen LogP contribution in [0.4, 0.5) is 42.6 Å². The molecule has 0 spiro atoms. The Morgan fingerprint density at radius 2 is 1.67 bits per heavy atom. The van der Waals surface area contributed by atoms with Gasteiger partial charge < -0.3 is 23.6 Å². The molecule has 0 saturated heterocycles. The summed E-state index contributed by atoms with van der Waals surface area (Å²) in [6, 6.07) is 3.20. The molecule has 43 heavy (non-hydrogen) atoms. The number of hydrogen-bond acceptors (Lipinski definition) is 8. The van der Waals surface area contributed by atoms with Crippen LogP contribution in [-0.4, -0.2) is 43.1 Å². The molecule has 2 aromatic heterocycles. The summed E-state index contributed by atoms with van der Waals surface area (Å²) < 4.78 is 104. The number of carbonyl (C=O) groups excluding carboxylic acids is 1. The van der Waals surface area contributed by atoms with Gasteiger partial charge in [0.05, 0.1) is 38.0 Å². The Morgan fingerprint density at radius 3 is 2.16 bits per heavy atom. The van der Waals surface area contributed by atoms with E-state index < -0.39 is 48.2 Å². The topological polar surface area (TPSA) is 90.2 Å². The highest BCUT2D eigenvalue weighted by molar-refractivity contribution is 5.92. The van der Waals surface area contributed by atoms with Crippen LogP contribution in [0, 0.1) is 6.92 Å². The molecule has 2 unspecified atom stereocenters. The number of anilines is 2. The zero-order valence-electron chi connectivity index (χ0n) is 24.0. The van der Waals surface area contributed by atoms with Crippen molar-refractivity contribution in [2.45, 2.75) is 64.6 Å². The van der Waals surface area contributed by atoms with Crippen molar-refractivity contribution >= 4 is 17.6 Å². The molecule has 0 aliphatic carbocycles. The van der Waals surface area contributed by atoms with Gasteiger partial charge in [0.1, 0.15) is 11.4 Å². The third-order valence-corrected chi connectivity index (χ3v) is 7.05. The molecule has 15 heteroatoms. The van der Waals surface area contributed by atoms with E-state index in [-0.39, 0.29) is 47.9 Å². The summed E-state index contributed by atoms with van der Waals surface area (Å²) in [4.78, 5) is 20.4. The molecule has 0 saturated carbocycles. The van der Waals surface area contributed by atoms with Crippen molar-refractivity contribution in [3.8, 4) is 11.8 Å². The highest BCUT2D eigenvalue weighted by Gasteiger charge is 2.43. The molecule has 3 aromatic rings. The standard InChI is InChI=1S/C28H30F6N4O5/c1-6-19-12-21(20-13-23(40-4)35-25(41-5)24(20)38(19)26(39)42-7-2)37(22-8-15(3)43-36-22)14-16-9-17(27(29,30)31)11-18(10-16)28(32,33)34/h8-11,13,19,21H,6-7,12,14H2,1-5H3. The number of benzene rings is 1. The van der Waals surface area contributed by atoms with Crippen molar-refractivity contribution in [2.24, 2.45) is 0 Å². The second-order valence-corrected chi connectivity index (χ2v) is 9.83. The number of alkyl halides is 6. The fourth-order valence-corrected chi connectivity index (χ4v) is 5.15. The van der Waals surface area contributed by atoms with Gasteiger partial charge in [0.2, 0.25) is 11.8 Å². The van der Waals surface area contributed by atoms with Gasteiger partial charge >= 0.3 is 18.4 Å². The number of methoxy groups -OCH3 is 2. The maximum absolute atomic E-state index is 13.7. The van der Waals surface area contributed by atoms with Crippen molar-refractivity contribution in [1.29, 1.82) is 0 Å². The summed E-state index contributed by atoms with van der Waals surface area (Å²) >= 11 is 0. The predicted molar refractivity (Wildman–Crippen MR) is 142 cm³/mol. The highest BCUT2D eigenvalue weighted by atomic mass is 19.4. The Hall–Kier alpha value is -4.17. The van der Waals surface area contributed by atoms with Gasteiger partial charge in [0.15, 0.2) is 5.82 Å². The van der Waals surface area contributed by atoms with Crippen molar-refractivity contribution in [3.63, 3.8) is 0 Å². The lowest BCUT2D eigenvalue weighted by molar-refractivity contribution is -0.143. The van der Waals surface area contributed by atoms with Crippen LogP contribution >= 0.6 is 0 Å². The normalized spacial score (nSPS) is 17.0. The molecule has 234 valence electrons. The molecule has 4 rings (SSSR count). The molecular formula is C28H30F6N4O5. The number of aryl methyl sites for hydroxylation is 1. The zero-order valence-corrected chi connectivity index (χ0v) is 24.0. The quantitative estimate of drug-likeness (QED) is 0.243. The largest absolute Gasteiger partial charge is 0.481 e. The number of fused-ring (bicyclic) bond motifs is 1. The summed E-state index contributed by atoms with van der Waals surface area (Å²) in [5.41, 5.74) is -2.51. The Balaban J connectivity index is 1.95. The van der Waals surface area contributed by atoms with Crippen LogP contribution in [0.3, 0.4) is 0 Å². The van der Waals surface area contributed by atoms with E-state index in [2.05, 4.69) is 10.1 Å². The van der Waals surface area contributed by atoms with Gasteiger partial charge in [0, 0.05) is 30.3 Å². The molecule has 1 aliphatic rings. The molecule has 0 bridgehead atoms. The van der Waals surface area contributed by atoms with Crippen LogP contribution in [0.1, 0.15) is 60.7 Å². The second-order valence-electron chi connectivity index (χ2n) is 9.83. The van der Waals surface area contributed by atoms with E-state index in [4.69, 9.17) is 18.7 Å². The van der Waals surface area contributed by atoms with Crippen molar-refractivity contribution in [3.05, 3.63) is 58.3 Å². The average molecular weight is 617 g/mol. The number of rotatable bonds is 8. The van der Waals surface area contributed by atoms with Crippen LogP contribution in [0.15, 0.2) is 34.9 Å². The summed E-state index contributed by atoms with van der Waals surface area (Å²) in [6.07, 6.45) is -10.1. The first-order valence-corrected chi connectivity index (χ1v) is 13.3. The first-order chi connectivity index (χ1) is 20.2. The van der Waals surface area contributed by atoms with Gasteiger partial charge in [-0.05, 0) is 50.5 Å². The van der Waals surface area contributed by atoms with E-state index >= 15 is 0 Å². The number of aromatic nitrogens is 2. The van der Waals surface area contributed by atoms with Crippen molar-refractivity contribution < 1.29 is 49.9 Å². The van der Waals surface area contributed by atoms with E-state index in [0.29, 0.717) is 29.9 Å². The molecule has 0 fully saturated rings. The van der Waals surface area contributed by atoms with E-state index in [1.54, 1.807) is 13.8 Å². The molecular weight excluding hydrogens is 586 g/mol. The average Bonchev–Trinajstić information content (AvgIpc) is 3.39. The lowest BCUT2D eigenvalue weighted by Crippen LogP contribution is -2.48. The SMILES string of the molecule is CCOC(=O)N1c2c(cc(OC)nc2OC)C(N(Cc2cc(C(F)(F)F)cc(C(F)(F)F)c2)c2cc(C)on2)CC1CC.